The van der Waals surface area contributed by atoms with Crippen molar-refractivity contribution in [2.24, 2.45) is 5.92 Å². The molecule has 24 heavy (non-hydrogen) atoms. The average molecular weight is 322 g/mol. The molecule has 1 heterocycles. The summed E-state index contributed by atoms with van der Waals surface area (Å²) in [6.07, 6.45) is 2.68. The van der Waals surface area contributed by atoms with Crippen molar-refractivity contribution in [2.45, 2.75) is 25.2 Å². The van der Waals surface area contributed by atoms with E-state index in [4.69, 9.17) is 0 Å². The summed E-state index contributed by atoms with van der Waals surface area (Å²) in [5, 5.41) is 6.43. The van der Waals surface area contributed by atoms with Crippen LogP contribution in [0.3, 0.4) is 0 Å². The predicted octanol–water partition coefficient (Wildman–Crippen LogP) is 3.32. The maximum atomic E-state index is 12.1. The first-order valence-electron chi connectivity index (χ1n) is 8.90. The van der Waals surface area contributed by atoms with Crippen molar-refractivity contribution in [3.8, 4) is 0 Å². The van der Waals surface area contributed by atoms with Crippen LogP contribution in [0.15, 0.2) is 60.7 Å². The topological polar surface area (TPSA) is 41.1 Å². The minimum atomic E-state index is 0.184. The lowest BCUT2D eigenvalue weighted by Crippen LogP contribution is -2.28. The highest BCUT2D eigenvalue weighted by Crippen LogP contribution is 2.27. The van der Waals surface area contributed by atoms with Crippen molar-refractivity contribution in [1.82, 2.24) is 10.6 Å². The van der Waals surface area contributed by atoms with Crippen molar-refractivity contribution in [2.75, 3.05) is 19.6 Å². The summed E-state index contributed by atoms with van der Waals surface area (Å²) >= 11 is 0. The van der Waals surface area contributed by atoms with Crippen molar-refractivity contribution in [1.29, 1.82) is 0 Å². The first kappa shape index (κ1) is 16.7. The van der Waals surface area contributed by atoms with Crippen molar-refractivity contribution < 1.29 is 4.79 Å². The zero-order chi connectivity index (χ0) is 16.6. The number of carbonyl (C=O) groups excluding carboxylic acids is 1. The van der Waals surface area contributed by atoms with Gasteiger partial charge in [0.05, 0.1) is 0 Å². The van der Waals surface area contributed by atoms with E-state index >= 15 is 0 Å². The lowest BCUT2D eigenvalue weighted by molar-refractivity contribution is -0.121. The van der Waals surface area contributed by atoms with Crippen molar-refractivity contribution in [3.63, 3.8) is 0 Å². The molecule has 1 amide bonds. The van der Waals surface area contributed by atoms with Gasteiger partial charge >= 0.3 is 0 Å². The molecule has 2 aromatic carbocycles. The maximum absolute atomic E-state index is 12.1. The van der Waals surface area contributed by atoms with Gasteiger partial charge < -0.3 is 10.6 Å². The molecule has 3 heteroatoms. The summed E-state index contributed by atoms with van der Waals surface area (Å²) in [7, 11) is 0. The lowest BCUT2D eigenvalue weighted by atomic mass is 9.88. The molecule has 0 radical (unpaired) electrons. The fourth-order valence-corrected chi connectivity index (χ4v) is 3.48. The first-order valence-corrected chi connectivity index (χ1v) is 8.90. The summed E-state index contributed by atoms with van der Waals surface area (Å²) in [5.74, 6) is 1.01. The molecule has 0 aromatic heterocycles. The van der Waals surface area contributed by atoms with Gasteiger partial charge in [0.25, 0.3) is 0 Å². The fourth-order valence-electron chi connectivity index (χ4n) is 3.48. The van der Waals surface area contributed by atoms with Gasteiger partial charge in [0, 0.05) is 18.9 Å². The van der Waals surface area contributed by atoms with Crippen LogP contribution in [0, 0.1) is 5.92 Å². The van der Waals surface area contributed by atoms with E-state index in [0.29, 0.717) is 24.8 Å². The largest absolute Gasteiger partial charge is 0.356 e. The molecule has 1 atom stereocenters. The molecule has 1 saturated heterocycles. The van der Waals surface area contributed by atoms with Crippen LogP contribution in [-0.2, 0) is 4.79 Å². The third-order valence-corrected chi connectivity index (χ3v) is 4.80. The number of nitrogens with one attached hydrogen (secondary N) is 2. The van der Waals surface area contributed by atoms with E-state index in [1.807, 2.05) is 12.1 Å². The van der Waals surface area contributed by atoms with Gasteiger partial charge in [0.2, 0.25) is 5.91 Å². The Kier molecular flexibility index (Phi) is 6.02. The molecule has 0 spiro atoms. The number of rotatable bonds is 7. The summed E-state index contributed by atoms with van der Waals surface area (Å²) in [5.41, 5.74) is 2.61. The van der Waals surface area contributed by atoms with E-state index in [9.17, 15) is 4.79 Å². The maximum Gasteiger partial charge on any atom is 0.220 e. The number of carbonyl (C=O) groups is 1. The first-order chi connectivity index (χ1) is 11.8. The fraction of sp³-hybridized carbons (Fsp3) is 0.381. The molecule has 0 saturated carbocycles. The standard InChI is InChI=1S/C21H26N2O/c24-21(15-17-11-13-22-16-17)23-14-12-20(18-7-3-1-4-8-18)19-9-5-2-6-10-19/h1-10,17,20,22H,11-16H2,(H,23,24)/t17-/m1/s1. The molecule has 3 rings (SSSR count). The van der Waals surface area contributed by atoms with Gasteiger partial charge in [-0.05, 0) is 43.0 Å². The van der Waals surface area contributed by atoms with Crippen LogP contribution < -0.4 is 10.6 Å². The molecule has 126 valence electrons. The van der Waals surface area contributed by atoms with Gasteiger partial charge in [-0.25, -0.2) is 0 Å². The number of benzene rings is 2. The van der Waals surface area contributed by atoms with Crippen LogP contribution in [0.5, 0.6) is 0 Å². The quantitative estimate of drug-likeness (QED) is 0.821. The highest BCUT2D eigenvalue weighted by atomic mass is 16.1. The molecule has 3 nitrogen and oxygen atoms in total. The third kappa shape index (κ3) is 4.68. The van der Waals surface area contributed by atoms with Crippen LogP contribution in [0.4, 0.5) is 0 Å². The van der Waals surface area contributed by atoms with E-state index in [0.717, 1.165) is 25.9 Å². The van der Waals surface area contributed by atoms with E-state index in [1.165, 1.54) is 11.1 Å². The summed E-state index contributed by atoms with van der Waals surface area (Å²) < 4.78 is 0. The lowest BCUT2D eigenvalue weighted by Gasteiger charge is -2.19. The highest BCUT2D eigenvalue weighted by molar-refractivity contribution is 5.76. The zero-order valence-corrected chi connectivity index (χ0v) is 14.1. The Balaban J connectivity index is 1.57. The normalized spacial score (nSPS) is 17.1. The Hall–Kier alpha value is -2.13. The van der Waals surface area contributed by atoms with Crippen LogP contribution >= 0.6 is 0 Å². The van der Waals surface area contributed by atoms with Crippen LogP contribution in [-0.4, -0.2) is 25.5 Å². The Morgan fingerprint density at radius 2 is 1.67 bits per heavy atom. The summed E-state index contributed by atoms with van der Waals surface area (Å²) in [6.45, 7) is 2.74. The van der Waals surface area contributed by atoms with Gasteiger partial charge in [-0.15, -0.1) is 0 Å². The predicted molar refractivity (Wildman–Crippen MR) is 97.9 cm³/mol. The Morgan fingerprint density at radius 1 is 1.04 bits per heavy atom. The monoisotopic (exact) mass is 322 g/mol. The third-order valence-electron chi connectivity index (χ3n) is 4.80. The smallest absolute Gasteiger partial charge is 0.220 e. The molecular weight excluding hydrogens is 296 g/mol. The average Bonchev–Trinajstić information content (AvgIpc) is 3.13. The number of amides is 1. The Labute approximate surface area is 144 Å². The molecule has 1 fully saturated rings. The minimum absolute atomic E-state index is 0.184. The van der Waals surface area contributed by atoms with Gasteiger partial charge in [-0.3, -0.25) is 4.79 Å². The minimum Gasteiger partial charge on any atom is -0.356 e. The zero-order valence-electron chi connectivity index (χ0n) is 14.1. The summed E-state index contributed by atoms with van der Waals surface area (Å²) in [6, 6.07) is 21.1. The van der Waals surface area contributed by atoms with Crippen LogP contribution in [0.2, 0.25) is 0 Å². The van der Waals surface area contributed by atoms with Gasteiger partial charge in [-0.1, -0.05) is 60.7 Å². The second-order valence-electron chi connectivity index (χ2n) is 6.58. The number of hydrogen-bond acceptors (Lipinski definition) is 2. The Bertz CT molecular complexity index is 581. The van der Waals surface area contributed by atoms with Gasteiger partial charge in [-0.2, -0.15) is 0 Å². The molecular formula is C21H26N2O. The van der Waals surface area contributed by atoms with Crippen LogP contribution in [0.1, 0.15) is 36.3 Å². The van der Waals surface area contributed by atoms with Gasteiger partial charge in [0.15, 0.2) is 0 Å². The van der Waals surface area contributed by atoms with E-state index in [2.05, 4.69) is 59.2 Å². The molecule has 1 aliphatic heterocycles. The molecule has 0 unspecified atom stereocenters. The number of hydrogen-bond donors (Lipinski definition) is 2. The SMILES string of the molecule is O=C(C[C@H]1CCNC1)NCCC(c1ccccc1)c1ccccc1. The Morgan fingerprint density at radius 3 is 2.21 bits per heavy atom. The van der Waals surface area contributed by atoms with Crippen molar-refractivity contribution in [3.05, 3.63) is 71.8 Å². The molecule has 2 aromatic rings. The molecule has 0 aliphatic carbocycles. The van der Waals surface area contributed by atoms with Crippen molar-refractivity contribution >= 4 is 5.91 Å². The molecule has 0 bridgehead atoms. The second kappa shape index (κ2) is 8.65. The van der Waals surface area contributed by atoms with E-state index in [-0.39, 0.29) is 5.91 Å². The van der Waals surface area contributed by atoms with Crippen LogP contribution in [0.25, 0.3) is 0 Å². The van der Waals surface area contributed by atoms with Gasteiger partial charge in [0.1, 0.15) is 0 Å². The second-order valence-corrected chi connectivity index (χ2v) is 6.58. The molecule has 1 aliphatic rings. The van der Waals surface area contributed by atoms with E-state index in [1.54, 1.807) is 0 Å². The highest BCUT2D eigenvalue weighted by Gasteiger charge is 2.18. The van der Waals surface area contributed by atoms with E-state index < -0.39 is 0 Å². The summed E-state index contributed by atoms with van der Waals surface area (Å²) in [4.78, 5) is 12.1. The molecule has 2 N–H and O–H groups in total.